The van der Waals surface area contributed by atoms with Crippen molar-refractivity contribution in [1.29, 1.82) is 0 Å². The number of unbranched alkanes of at least 4 members (excludes halogenated alkanes) is 10. The Balaban J connectivity index is 0. The van der Waals surface area contributed by atoms with Crippen molar-refractivity contribution in [3.63, 3.8) is 0 Å². The predicted molar refractivity (Wildman–Crippen MR) is 125 cm³/mol. The second kappa shape index (κ2) is 24.1. The van der Waals surface area contributed by atoms with E-state index in [1.54, 1.807) is 22.5 Å². The summed E-state index contributed by atoms with van der Waals surface area (Å²) in [5.74, 6) is -0.999. The summed E-state index contributed by atoms with van der Waals surface area (Å²) in [7, 11) is 0. The first-order chi connectivity index (χ1) is 13.0. The van der Waals surface area contributed by atoms with Gasteiger partial charge in [-0.05, 0) is 32.1 Å². The van der Waals surface area contributed by atoms with E-state index in [0.717, 1.165) is 19.3 Å². The molecule has 2 unspecified atom stereocenters. The third kappa shape index (κ3) is 24.1. The normalized spacial score (nSPS) is 13.0. The van der Waals surface area contributed by atoms with Gasteiger partial charge in [-0.1, -0.05) is 77.4 Å². The van der Waals surface area contributed by atoms with Crippen LogP contribution in [0.3, 0.4) is 0 Å². The van der Waals surface area contributed by atoms with E-state index in [9.17, 15) is 4.79 Å². The molecular formula is C23H43O2SSn. The summed E-state index contributed by atoms with van der Waals surface area (Å²) < 4.78 is 1.17. The molecule has 0 aliphatic heterocycles. The van der Waals surface area contributed by atoms with Crippen molar-refractivity contribution in [2.24, 2.45) is 5.92 Å². The molecule has 0 aromatic rings. The Morgan fingerprint density at radius 3 is 1.85 bits per heavy atom. The number of carboxylic acid groups (broad SMARTS) is 1. The van der Waals surface area contributed by atoms with Crippen LogP contribution in [-0.2, 0) is 4.79 Å². The van der Waals surface area contributed by atoms with Gasteiger partial charge in [0.25, 0.3) is 0 Å². The minimum atomic E-state index is -0.704. The van der Waals surface area contributed by atoms with Gasteiger partial charge >= 0.3 is 45.6 Å². The number of carboxylic acids is 1. The fourth-order valence-electron chi connectivity index (χ4n) is 2.83. The van der Waals surface area contributed by atoms with Crippen LogP contribution in [0.2, 0.25) is 4.44 Å². The molecule has 0 bridgehead atoms. The molecule has 157 valence electrons. The van der Waals surface area contributed by atoms with Gasteiger partial charge in [-0.25, -0.2) is 0 Å². The van der Waals surface area contributed by atoms with Crippen LogP contribution in [0.15, 0.2) is 24.8 Å². The molecule has 4 heteroatoms. The van der Waals surface area contributed by atoms with E-state index < -0.39 is 5.97 Å². The molecule has 0 heterocycles. The fraction of sp³-hybridized carbons (Fsp3) is 0.783. The Kier molecular flexibility index (Phi) is 26.2. The Labute approximate surface area is 188 Å². The third-order valence-corrected chi connectivity index (χ3v) is 5.75. The van der Waals surface area contributed by atoms with Gasteiger partial charge < -0.3 is 5.11 Å². The van der Waals surface area contributed by atoms with Crippen molar-refractivity contribution in [2.75, 3.05) is 0 Å². The van der Waals surface area contributed by atoms with E-state index in [1.807, 2.05) is 13.0 Å². The van der Waals surface area contributed by atoms with E-state index in [1.165, 1.54) is 68.6 Å². The molecule has 0 saturated heterocycles. The second-order valence-electron chi connectivity index (χ2n) is 7.20. The number of thiol groups is 1. The van der Waals surface area contributed by atoms with Crippen LogP contribution < -0.4 is 0 Å². The van der Waals surface area contributed by atoms with Crippen LogP contribution in [0.4, 0.5) is 0 Å². The maximum Gasteiger partial charge on any atom is 0.307 e. The van der Waals surface area contributed by atoms with E-state index >= 15 is 0 Å². The van der Waals surface area contributed by atoms with Crippen molar-refractivity contribution in [3.05, 3.63) is 24.8 Å². The van der Waals surface area contributed by atoms with Gasteiger partial charge in [-0.15, -0.1) is 0 Å². The molecule has 27 heavy (non-hydrogen) atoms. The summed E-state index contributed by atoms with van der Waals surface area (Å²) in [6, 6.07) is 0. The monoisotopic (exact) mass is 503 g/mol. The minimum absolute atomic E-state index is 0.0580. The largest absolute Gasteiger partial charge is 0.481 e. The topological polar surface area (TPSA) is 37.3 Å². The first kappa shape index (κ1) is 29.3. The maximum atomic E-state index is 11.0. The standard InChI is InChI=1S/C20H38O2S.C3H5.Sn/c1-3-4-5-6-7-8-9-10-11-12-13-14-15-16-17-19(18(2)23)20(21)22;1-3-2;/h10-11,18-19,23H,3-9,12-17H2,1-2H3,(H,21,22);3H,1-2H2;. The van der Waals surface area contributed by atoms with Crippen molar-refractivity contribution in [2.45, 2.75) is 107 Å². The average Bonchev–Trinajstić information content (AvgIpc) is 2.64. The van der Waals surface area contributed by atoms with Crippen LogP contribution in [0.1, 0.15) is 97.3 Å². The molecule has 0 aliphatic rings. The molecule has 3 radical (unpaired) electrons. The van der Waals surface area contributed by atoms with E-state index in [-0.39, 0.29) is 11.2 Å². The number of allylic oxidation sites excluding steroid dienone is 3. The molecule has 0 fully saturated rings. The zero-order valence-corrected chi connectivity index (χ0v) is 21.5. The van der Waals surface area contributed by atoms with Gasteiger partial charge in [0.2, 0.25) is 0 Å². The van der Waals surface area contributed by atoms with Crippen molar-refractivity contribution < 1.29 is 9.90 Å². The summed E-state index contributed by atoms with van der Waals surface area (Å²) in [5.41, 5.74) is 0. The Morgan fingerprint density at radius 2 is 1.44 bits per heavy atom. The molecule has 0 aliphatic carbocycles. The summed E-state index contributed by atoms with van der Waals surface area (Å²) in [4.78, 5) is 11.0. The van der Waals surface area contributed by atoms with Crippen molar-refractivity contribution in [1.82, 2.24) is 0 Å². The summed E-state index contributed by atoms with van der Waals surface area (Å²) in [6.07, 6.45) is 22.5. The van der Waals surface area contributed by atoms with Crippen LogP contribution in [0, 0.1) is 5.92 Å². The molecule has 0 aromatic carbocycles. The first-order valence-corrected chi connectivity index (χ1v) is 13.4. The Bertz CT molecular complexity index is 356. The smallest absolute Gasteiger partial charge is 0.307 e. The second-order valence-corrected chi connectivity index (χ2v) is 9.18. The summed E-state index contributed by atoms with van der Waals surface area (Å²) in [6.45, 7) is 7.63. The van der Waals surface area contributed by atoms with E-state index in [2.05, 4.69) is 38.3 Å². The molecule has 0 spiro atoms. The number of hydrogen-bond donors (Lipinski definition) is 2. The molecule has 0 amide bonds. The van der Waals surface area contributed by atoms with Crippen molar-refractivity contribution in [3.8, 4) is 0 Å². The maximum absolute atomic E-state index is 11.0. The van der Waals surface area contributed by atoms with Gasteiger partial charge in [0.05, 0.1) is 5.92 Å². The minimum Gasteiger partial charge on any atom is -0.481 e. The molecule has 2 atom stereocenters. The molecule has 0 saturated carbocycles. The molecule has 2 nitrogen and oxygen atoms in total. The van der Waals surface area contributed by atoms with Crippen LogP contribution >= 0.6 is 12.6 Å². The molecule has 0 rings (SSSR count). The number of rotatable bonds is 17. The Hall–Kier alpha value is 0.0987. The number of hydrogen-bond acceptors (Lipinski definition) is 2. The van der Waals surface area contributed by atoms with Gasteiger partial charge in [0, 0.05) is 5.25 Å². The average molecular weight is 502 g/mol. The Morgan fingerprint density at radius 1 is 1.00 bits per heavy atom. The molecule has 0 aromatic heterocycles. The number of aliphatic carboxylic acids is 1. The molecular weight excluding hydrogens is 459 g/mol. The van der Waals surface area contributed by atoms with Gasteiger partial charge in [0.15, 0.2) is 0 Å². The van der Waals surface area contributed by atoms with Crippen LogP contribution in [0.25, 0.3) is 0 Å². The van der Waals surface area contributed by atoms with Crippen LogP contribution in [0.5, 0.6) is 0 Å². The van der Waals surface area contributed by atoms with E-state index in [0.29, 0.717) is 0 Å². The van der Waals surface area contributed by atoms with Crippen molar-refractivity contribution >= 4 is 41.1 Å². The summed E-state index contributed by atoms with van der Waals surface area (Å²) in [5, 5.41) is 9.03. The van der Waals surface area contributed by atoms with Gasteiger partial charge in [0.1, 0.15) is 0 Å². The van der Waals surface area contributed by atoms with E-state index in [4.69, 9.17) is 5.11 Å². The zero-order valence-electron chi connectivity index (χ0n) is 17.8. The zero-order chi connectivity index (χ0) is 20.8. The number of carbonyl (C=O) groups is 1. The summed E-state index contributed by atoms with van der Waals surface area (Å²) >= 11 is 5.82. The van der Waals surface area contributed by atoms with Crippen LogP contribution in [-0.4, -0.2) is 38.9 Å². The van der Waals surface area contributed by atoms with Gasteiger partial charge in [-0.2, -0.15) is 12.6 Å². The SMILES string of the molecule is C=C[CH2][Sn].CCCCCCCCC=CCCCCCCC(C(=O)O)C(C)S. The quantitative estimate of drug-likeness (QED) is 0.0941. The first-order valence-electron chi connectivity index (χ1n) is 10.8. The molecule has 1 N–H and O–H groups in total. The third-order valence-electron chi connectivity index (χ3n) is 4.57. The van der Waals surface area contributed by atoms with Gasteiger partial charge in [-0.3, -0.25) is 4.79 Å². The fourth-order valence-corrected chi connectivity index (χ4v) is 3.11. The predicted octanol–water partition coefficient (Wildman–Crippen LogP) is 7.41.